The number of carbonyl (C=O) groups excluding carboxylic acids is 1. The van der Waals surface area contributed by atoms with Crippen LogP contribution in [0.2, 0.25) is 0 Å². The number of nitrogens with one attached hydrogen (secondary N) is 2. The van der Waals surface area contributed by atoms with Crippen LogP contribution in [-0.2, 0) is 14.3 Å². The summed E-state index contributed by atoms with van der Waals surface area (Å²) in [7, 11) is 0. The molecule has 0 bridgehead atoms. The van der Waals surface area contributed by atoms with Crippen LogP contribution in [0.3, 0.4) is 0 Å². The van der Waals surface area contributed by atoms with Crippen LogP contribution in [0.25, 0.3) is 0 Å². The summed E-state index contributed by atoms with van der Waals surface area (Å²) in [6.07, 6.45) is 1.91. The quantitative estimate of drug-likeness (QED) is 0.359. The standard InChI is InChI=1S/C23H38N2O6/c1-3-10-28-13-14-30-21-4-6-22(7-5-21)31-17-20(26)16-24-18(2)15-25-23(27)19-8-11-29-12-9-19/h4-7,18-20,24,26H,3,8-17H2,1-2H3,(H,25,27)/t18-,20?/m0/s1. The van der Waals surface area contributed by atoms with Crippen molar-refractivity contribution in [2.75, 3.05) is 52.7 Å². The molecule has 0 aliphatic carbocycles. The van der Waals surface area contributed by atoms with Crippen molar-refractivity contribution in [2.24, 2.45) is 5.92 Å². The van der Waals surface area contributed by atoms with Crippen LogP contribution in [0.1, 0.15) is 33.1 Å². The van der Waals surface area contributed by atoms with E-state index < -0.39 is 6.10 Å². The molecule has 31 heavy (non-hydrogen) atoms. The minimum Gasteiger partial charge on any atom is -0.491 e. The molecule has 1 aliphatic heterocycles. The van der Waals surface area contributed by atoms with Gasteiger partial charge in [-0.3, -0.25) is 4.79 Å². The first kappa shape index (κ1) is 25.4. The molecule has 176 valence electrons. The normalized spacial score (nSPS) is 16.5. The van der Waals surface area contributed by atoms with Crippen molar-refractivity contribution in [3.05, 3.63) is 24.3 Å². The summed E-state index contributed by atoms with van der Waals surface area (Å²) in [5.41, 5.74) is 0. The van der Waals surface area contributed by atoms with Gasteiger partial charge in [0.25, 0.3) is 0 Å². The van der Waals surface area contributed by atoms with Gasteiger partial charge in [-0.25, -0.2) is 0 Å². The van der Waals surface area contributed by atoms with E-state index in [1.165, 1.54) is 0 Å². The van der Waals surface area contributed by atoms with Crippen LogP contribution in [0.15, 0.2) is 24.3 Å². The van der Waals surface area contributed by atoms with Crippen molar-refractivity contribution >= 4 is 5.91 Å². The molecular weight excluding hydrogens is 400 g/mol. The lowest BCUT2D eigenvalue weighted by molar-refractivity contribution is -0.127. The van der Waals surface area contributed by atoms with Gasteiger partial charge >= 0.3 is 0 Å². The van der Waals surface area contributed by atoms with Gasteiger partial charge in [0.2, 0.25) is 5.91 Å². The van der Waals surface area contributed by atoms with Crippen molar-refractivity contribution in [3.63, 3.8) is 0 Å². The van der Waals surface area contributed by atoms with Crippen molar-refractivity contribution in [2.45, 2.75) is 45.3 Å². The van der Waals surface area contributed by atoms with Crippen molar-refractivity contribution in [1.29, 1.82) is 0 Å². The van der Waals surface area contributed by atoms with Gasteiger partial charge in [-0.05, 0) is 50.5 Å². The topological polar surface area (TPSA) is 98.3 Å². The van der Waals surface area contributed by atoms with E-state index in [2.05, 4.69) is 17.6 Å². The molecule has 1 saturated heterocycles. The monoisotopic (exact) mass is 438 g/mol. The molecule has 3 N–H and O–H groups in total. The second-order valence-electron chi connectivity index (χ2n) is 7.84. The molecule has 1 amide bonds. The van der Waals surface area contributed by atoms with E-state index in [-0.39, 0.29) is 24.5 Å². The maximum Gasteiger partial charge on any atom is 0.223 e. The van der Waals surface area contributed by atoms with Crippen LogP contribution in [0.4, 0.5) is 0 Å². The lowest BCUT2D eigenvalue weighted by Crippen LogP contribution is -2.44. The minimum atomic E-state index is -0.653. The van der Waals surface area contributed by atoms with Gasteiger partial charge in [-0.1, -0.05) is 6.92 Å². The third-order valence-electron chi connectivity index (χ3n) is 4.99. The molecule has 0 spiro atoms. The first-order valence-electron chi connectivity index (χ1n) is 11.3. The second kappa shape index (κ2) is 15.0. The SMILES string of the molecule is CCCOCCOc1ccc(OCC(O)CN[C@@H](C)CNC(=O)C2CCOCC2)cc1. The van der Waals surface area contributed by atoms with Gasteiger partial charge in [0.05, 0.1) is 6.61 Å². The molecule has 0 aromatic heterocycles. The fourth-order valence-corrected chi connectivity index (χ4v) is 3.12. The van der Waals surface area contributed by atoms with Crippen molar-refractivity contribution < 1.29 is 28.8 Å². The number of aliphatic hydroxyl groups is 1. The number of rotatable bonds is 15. The molecule has 2 rings (SSSR count). The van der Waals surface area contributed by atoms with E-state index >= 15 is 0 Å². The Morgan fingerprint density at radius 3 is 2.45 bits per heavy atom. The highest BCUT2D eigenvalue weighted by molar-refractivity contribution is 5.78. The highest BCUT2D eigenvalue weighted by Gasteiger charge is 2.21. The Balaban J connectivity index is 1.55. The zero-order chi connectivity index (χ0) is 22.3. The third kappa shape index (κ3) is 10.8. The average molecular weight is 439 g/mol. The summed E-state index contributed by atoms with van der Waals surface area (Å²) in [6.45, 7) is 8.27. The number of benzene rings is 1. The van der Waals surface area contributed by atoms with Gasteiger partial charge in [0.15, 0.2) is 0 Å². The minimum absolute atomic E-state index is 0.0473. The van der Waals surface area contributed by atoms with Crippen LogP contribution >= 0.6 is 0 Å². The Labute approximate surface area is 185 Å². The molecule has 1 fully saturated rings. The van der Waals surface area contributed by atoms with Crippen LogP contribution in [0, 0.1) is 5.92 Å². The Morgan fingerprint density at radius 2 is 1.77 bits per heavy atom. The highest BCUT2D eigenvalue weighted by atomic mass is 16.5. The number of ether oxygens (including phenoxy) is 4. The molecule has 1 unspecified atom stereocenters. The zero-order valence-corrected chi connectivity index (χ0v) is 18.8. The van der Waals surface area contributed by atoms with Gasteiger partial charge in [0.1, 0.15) is 30.8 Å². The molecule has 8 heteroatoms. The molecule has 0 radical (unpaired) electrons. The largest absolute Gasteiger partial charge is 0.491 e. The van der Waals surface area contributed by atoms with E-state index in [4.69, 9.17) is 18.9 Å². The number of amides is 1. The van der Waals surface area contributed by atoms with Gasteiger partial charge in [0, 0.05) is 44.9 Å². The summed E-state index contributed by atoms with van der Waals surface area (Å²) in [6, 6.07) is 7.36. The fourth-order valence-electron chi connectivity index (χ4n) is 3.12. The van der Waals surface area contributed by atoms with Crippen LogP contribution in [0.5, 0.6) is 11.5 Å². The maximum atomic E-state index is 12.1. The molecule has 2 atom stereocenters. The van der Waals surface area contributed by atoms with Crippen LogP contribution in [-0.4, -0.2) is 75.9 Å². The van der Waals surface area contributed by atoms with E-state index in [1.54, 1.807) is 0 Å². The number of hydrogen-bond donors (Lipinski definition) is 3. The lowest BCUT2D eigenvalue weighted by Gasteiger charge is -2.23. The molecular formula is C23H38N2O6. The first-order valence-corrected chi connectivity index (χ1v) is 11.3. The maximum absolute atomic E-state index is 12.1. The predicted molar refractivity (Wildman–Crippen MR) is 119 cm³/mol. The van der Waals surface area contributed by atoms with E-state index in [0.29, 0.717) is 45.3 Å². The second-order valence-corrected chi connectivity index (χ2v) is 7.84. The third-order valence-corrected chi connectivity index (χ3v) is 4.99. The summed E-state index contributed by atoms with van der Waals surface area (Å²) >= 11 is 0. The smallest absolute Gasteiger partial charge is 0.223 e. The summed E-state index contributed by atoms with van der Waals surface area (Å²) in [5, 5.41) is 16.4. The fraction of sp³-hybridized carbons (Fsp3) is 0.696. The predicted octanol–water partition coefficient (Wildman–Crippen LogP) is 1.75. The highest BCUT2D eigenvalue weighted by Crippen LogP contribution is 2.18. The Bertz CT molecular complexity index is 607. The van der Waals surface area contributed by atoms with E-state index in [0.717, 1.165) is 31.6 Å². The molecule has 1 aromatic carbocycles. The molecule has 8 nitrogen and oxygen atoms in total. The number of hydrogen-bond acceptors (Lipinski definition) is 7. The van der Waals surface area contributed by atoms with Gasteiger partial charge < -0.3 is 34.7 Å². The number of aliphatic hydroxyl groups excluding tert-OH is 1. The van der Waals surface area contributed by atoms with E-state index in [1.807, 2.05) is 31.2 Å². The van der Waals surface area contributed by atoms with Crippen LogP contribution < -0.4 is 20.1 Å². The molecule has 1 aromatic rings. The zero-order valence-electron chi connectivity index (χ0n) is 18.8. The Morgan fingerprint density at radius 1 is 1.10 bits per heavy atom. The summed E-state index contributed by atoms with van der Waals surface area (Å²) in [4.78, 5) is 12.1. The van der Waals surface area contributed by atoms with Gasteiger partial charge in [-0.2, -0.15) is 0 Å². The van der Waals surface area contributed by atoms with E-state index in [9.17, 15) is 9.90 Å². The van der Waals surface area contributed by atoms with Crippen molar-refractivity contribution in [1.82, 2.24) is 10.6 Å². The lowest BCUT2D eigenvalue weighted by atomic mass is 9.99. The summed E-state index contributed by atoms with van der Waals surface area (Å²) in [5.74, 6) is 1.56. The summed E-state index contributed by atoms with van der Waals surface area (Å²) < 4.78 is 21.9. The molecule has 1 heterocycles. The van der Waals surface area contributed by atoms with Gasteiger partial charge in [-0.15, -0.1) is 0 Å². The Kier molecular flexibility index (Phi) is 12.3. The Hall–Kier alpha value is -1.87. The number of carbonyl (C=O) groups is 1. The molecule has 1 aliphatic rings. The average Bonchev–Trinajstić information content (AvgIpc) is 2.81. The molecule has 0 saturated carbocycles. The first-order chi connectivity index (χ1) is 15.1. The van der Waals surface area contributed by atoms with Crippen molar-refractivity contribution in [3.8, 4) is 11.5 Å².